The first-order valence-corrected chi connectivity index (χ1v) is 5.02. The third-order valence-electron chi connectivity index (χ3n) is 1.66. The fourth-order valence-corrected chi connectivity index (χ4v) is 1.63. The highest BCUT2D eigenvalue weighted by atomic mass is 79.9. The van der Waals surface area contributed by atoms with Gasteiger partial charge in [-0.1, -0.05) is 11.6 Å². The first-order chi connectivity index (χ1) is 6.77. The summed E-state index contributed by atoms with van der Waals surface area (Å²) in [6.07, 6.45) is 6.58. The van der Waals surface area contributed by atoms with Crippen LogP contribution in [0.4, 0.5) is 0 Å². The van der Waals surface area contributed by atoms with Crippen molar-refractivity contribution in [2.75, 3.05) is 0 Å². The molecule has 0 spiro atoms. The van der Waals surface area contributed by atoms with E-state index in [9.17, 15) is 0 Å². The highest BCUT2D eigenvalue weighted by Crippen LogP contribution is 2.27. The van der Waals surface area contributed by atoms with Gasteiger partial charge in [-0.3, -0.25) is 9.97 Å². The van der Waals surface area contributed by atoms with Gasteiger partial charge in [0.2, 0.25) is 0 Å². The zero-order valence-corrected chi connectivity index (χ0v) is 9.33. The Morgan fingerprint density at radius 2 is 2.00 bits per heavy atom. The zero-order chi connectivity index (χ0) is 9.97. The standard InChI is InChI=1S/C9H5BrClN3/c10-7-4-14-9(11)3-6(7)8-5-12-1-2-13-8/h1-5H. The quantitative estimate of drug-likeness (QED) is 0.748. The van der Waals surface area contributed by atoms with Crippen LogP contribution in [0.1, 0.15) is 0 Å². The predicted octanol–water partition coefficient (Wildman–Crippen LogP) is 2.95. The Balaban J connectivity index is 2.57. The molecule has 0 radical (unpaired) electrons. The molecule has 5 heteroatoms. The van der Waals surface area contributed by atoms with Crippen LogP contribution in [0, 0.1) is 0 Å². The van der Waals surface area contributed by atoms with Crippen molar-refractivity contribution in [2.45, 2.75) is 0 Å². The minimum Gasteiger partial charge on any atom is -0.261 e. The van der Waals surface area contributed by atoms with Gasteiger partial charge in [-0.2, -0.15) is 0 Å². The van der Waals surface area contributed by atoms with Crippen LogP contribution in [0.25, 0.3) is 11.3 Å². The summed E-state index contributed by atoms with van der Waals surface area (Å²) in [7, 11) is 0. The lowest BCUT2D eigenvalue weighted by Crippen LogP contribution is -1.87. The van der Waals surface area contributed by atoms with Gasteiger partial charge in [0.1, 0.15) is 5.15 Å². The number of hydrogen-bond acceptors (Lipinski definition) is 3. The highest BCUT2D eigenvalue weighted by Gasteiger charge is 2.05. The summed E-state index contributed by atoms with van der Waals surface area (Å²) in [6.45, 7) is 0. The molecule has 0 saturated carbocycles. The van der Waals surface area contributed by atoms with E-state index in [0.717, 1.165) is 15.7 Å². The molecule has 2 heterocycles. The van der Waals surface area contributed by atoms with Crippen LogP contribution in [0.15, 0.2) is 35.3 Å². The van der Waals surface area contributed by atoms with Crippen molar-refractivity contribution in [1.29, 1.82) is 0 Å². The molecule has 0 atom stereocenters. The minimum atomic E-state index is 0.439. The molecule has 2 aromatic rings. The summed E-state index contributed by atoms with van der Waals surface area (Å²) < 4.78 is 0.849. The molecule has 14 heavy (non-hydrogen) atoms. The molecule has 0 N–H and O–H groups in total. The maximum absolute atomic E-state index is 5.79. The van der Waals surface area contributed by atoms with E-state index >= 15 is 0 Å². The van der Waals surface area contributed by atoms with Gasteiger partial charge in [-0.05, 0) is 22.0 Å². The van der Waals surface area contributed by atoms with Crippen LogP contribution in [-0.4, -0.2) is 15.0 Å². The van der Waals surface area contributed by atoms with Crippen LogP contribution in [0.5, 0.6) is 0 Å². The Morgan fingerprint density at radius 1 is 1.14 bits per heavy atom. The number of rotatable bonds is 1. The minimum absolute atomic E-state index is 0.439. The van der Waals surface area contributed by atoms with E-state index in [1.54, 1.807) is 30.9 Å². The van der Waals surface area contributed by atoms with E-state index in [1.165, 1.54) is 0 Å². The molecular formula is C9H5BrClN3. The summed E-state index contributed by atoms with van der Waals surface area (Å²) in [5.74, 6) is 0. The van der Waals surface area contributed by atoms with E-state index in [1.807, 2.05) is 0 Å². The van der Waals surface area contributed by atoms with Gasteiger partial charge in [0.15, 0.2) is 0 Å². The molecule has 2 rings (SSSR count). The smallest absolute Gasteiger partial charge is 0.129 e. The van der Waals surface area contributed by atoms with Gasteiger partial charge in [0.05, 0.1) is 11.9 Å². The number of nitrogens with zero attached hydrogens (tertiary/aromatic N) is 3. The first-order valence-electron chi connectivity index (χ1n) is 3.85. The SMILES string of the molecule is Clc1cc(-c2cnccn2)c(Br)cn1. The lowest BCUT2D eigenvalue weighted by molar-refractivity contribution is 1.19. The fourth-order valence-electron chi connectivity index (χ4n) is 1.05. The third-order valence-corrected chi connectivity index (χ3v) is 2.50. The molecule has 0 aliphatic heterocycles. The molecule has 0 fully saturated rings. The number of pyridine rings is 1. The van der Waals surface area contributed by atoms with Gasteiger partial charge < -0.3 is 0 Å². The van der Waals surface area contributed by atoms with Crippen molar-refractivity contribution >= 4 is 27.5 Å². The molecule has 0 aliphatic rings. The molecule has 0 aromatic carbocycles. The molecule has 0 saturated heterocycles. The Bertz CT molecular complexity index is 447. The largest absolute Gasteiger partial charge is 0.261 e. The maximum Gasteiger partial charge on any atom is 0.129 e. The Labute approximate surface area is 94.3 Å². The topological polar surface area (TPSA) is 38.7 Å². The Morgan fingerprint density at radius 3 is 2.71 bits per heavy atom. The summed E-state index contributed by atoms with van der Waals surface area (Å²) >= 11 is 9.16. The van der Waals surface area contributed by atoms with E-state index in [0.29, 0.717) is 5.15 Å². The molecule has 0 aliphatic carbocycles. The monoisotopic (exact) mass is 269 g/mol. The van der Waals surface area contributed by atoms with Gasteiger partial charge in [-0.15, -0.1) is 0 Å². The third kappa shape index (κ3) is 1.91. The van der Waals surface area contributed by atoms with Crippen molar-refractivity contribution in [3.8, 4) is 11.3 Å². The van der Waals surface area contributed by atoms with Gasteiger partial charge in [0, 0.05) is 28.6 Å². The molecule has 70 valence electrons. The van der Waals surface area contributed by atoms with E-state index in [4.69, 9.17) is 11.6 Å². The summed E-state index contributed by atoms with van der Waals surface area (Å²) in [4.78, 5) is 12.1. The van der Waals surface area contributed by atoms with Crippen molar-refractivity contribution in [2.24, 2.45) is 0 Å². The van der Waals surface area contributed by atoms with Crippen LogP contribution < -0.4 is 0 Å². The number of aromatic nitrogens is 3. The Hall–Kier alpha value is -1.00. The van der Waals surface area contributed by atoms with Crippen molar-refractivity contribution in [1.82, 2.24) is 15.0 Å². The summed E-state index contributed by atoms with van der Waals surface area (Å²) in [5.41, 5.74) is 1.65. The van der Waals surface area contributed by atoms with Crippen molar-refractivity contribution in [3.63, 3.8) is 0 Å². The van der Waals surface area contributed by atoms with Crippen LogP contribution in [-0.2, 0) is 0 Å². The fraction of sp³-hybridized carbons (Fsp3) is 0. The molecule has 2 aromatic heterocycles. The van der Waals surface area contributed by atoms with E-state index in [-0.39, 0.29) is 0 Å². The summed E-state index contributed by atoms with van der Waals surface area (Å²) in [5, 5.41) is 0.439. The van der Waals surface area contributed by atoms with Crippen molar-refractivity contribution < 1.29 is 0 Å². The predicted molar refractivity (Wildman–Crippen MR) is 58.0 cm³/mol. The Kier molecular flexibility index (Phi) is 2.74. The maximum atomic E-state index is 5.79. The van der Waals surface area contributed by atoms with Crippen molar-refractivity contribution in [3.05, 3.63) is 40.5 Å². The average molecular weight is 271 g/mol. The second kappa shape index (κ2) is 4.02. The molecule has 3 nitrogen and oxygen atoms in total. The van der Waals surface area contributed by atoms with Gasteiger partial charge >= 0.3 is 0 Å². The highest BCUT2D eigenvalue weighted by molar-refractivity contribution is 9.10. The molecule has 0 bridgehead atoms. The first kappa shape index (κ1) is 9.55. The molecular weight excluding hydrogens is 265 g/mol. The zero-order valence-electron chi connectivity index (χ0n) is 6.98. The molecule has 0 unspecified atom stereocenters. The van der Waals surface area contributed by atoms with Crippen LogP contribution in [0.3, 0.4) is 0 Å². The van der Waals surface area contributed by atoms with Gasteiger partial charge in [-0.25, -0.2) is 4.98 Å². The second-order valence-electron chi connectivity index (χ2n) is 2.58. The second-order valence-corrected chi connectivity index (χ2v) is 3.82. The van der Waals surface area contributed by atoms with E-state index in [2.05, 4.69) is 30.9 Å². The van der Waals surface area contributed by atoms with Crippen LogP contribution >= 0.6 is 27.5 Å². The normalized spacial score (nSPS) is 10.1. The van der Waals surface area contributed by atoms with E-state index < -0.39 is 0 Å². The van der Waals surface area contributed by atoms with Crippen LogP contribution in [0.2, 0.25) is 5.15 Å². The average Bonchev–Trinajstić information content (AvgIpc) is 2.23. The van der Waals surface area contributed by atoms with Gasteiger partial charge in [0.25, 0.3) is 0 Å². The number of halogens is 2. The summed E-state index contributed by atoms with van der Waals surface area (Å²) in [6, 6.07) is 1.75. The lowest BCUT2D eigenvalue weighted by atomic mass is 10.2. The molecule has 0 amide bonds. The number of hydrogen-bond donors (Lipinski definition) is 0. The lowest BCUT2D eigenvalue weighted by Gasteiger charge is -2.02.